The Balaban J connectivity index is 1.81. The molecule has 1 saturated carbocycles. The number of ether oxygens (including phenoxy) is 1. The van der Waals surface area contributed by atoms with E-state index in [0.717, 1.165) is 25.7 Å². The van der Waals surface area contributed by atoms with Crippen LogP contribution in [-0.4, -0.2) is 27.2 Å². The lowest BCUT2D eigenvalue weighted by Gasteiger charge is -2.26. The molecule has 6 heteroatoms. The van der Waals surface area contributed by atoms with Crippen LogP contribution in [0.15, 0.2) is 23.3 Å². The molecular formula is C15H20N4O2. The first-order valence-electron chi connectivity index (χ1n) is 7.34. The maximum atomic E-state index is 11.7. The number of aromatic nitrogens is 3. The number of fused-ring (bicyclic) bond motifs is 1. The second-order valence-electron chi connectivity index (χ2n) is 5.73. The van der Waals surface area contributed by atoms with Crippen molar-refractivity contribution in [3.63, 3.8) is 0 Å². The summed E-state index contributed by atoms with van der Waals surface area (Å²) in [7, 11) is 1.71. The van der Waals surface area contributed by atoms with E-state index in [2.05, 4.69) is 9.97 Å². The SMILES string of the molecule is Cn1c(=O)cnc2nccc(OCC3CCC(N)CC3)c21. The average Bonchev–Trinajstić information content (AvgIpc) is 2.50. The minimum Gasteiger partial charge on any atom is -0.491 e. The van der Waals surface area contributed by atoms with Crippen molar-refractivity contribution in [2.45, 2.75) is 31.7 Å². The minimum absolute atomic E-state index is 0.163. The summed E-state index contributed by atoms with van der Waals surface area (Å²) in [5, 5.41) is 0. The van der Waals surface area contributed by atoms with Crippen molar-refractivity contribution < 1.29 is 4.74 Å². The molecule has 0 radical (unpaired) electrons. The lowest BCUT2D eigenvalue weighted by atomic mass is 9.87. The predicted octanol–water partition coefficient (Wildman–Crippen LogP) is 1.22. The predicted molar refractivity (Wildman–Crippen MR) is 80.2 cm³/mol. The number of nitrogens with two attached hydrogens (primary N) is 1. The molecule has 0 amide bonds. The van der Waals surface area contributed by atoms with Gasteiger partial charge in [0.1, 0.15) is 11.3 Å². The molecule has 0 unspecified atom stereocenters. The summed E-state index contributed by atoms with van der Waals surface area (Å²) in [5.74, 6) is 1.20. The van der Waals surface area contributed by atoms with Gasteiger partial charge in [-0.15, -0.1) is 0 Å². The highest BCUT2D eigenvalue weighted by Crippen LogP contribution is 2.26. The summed E-state index contributed by atoms with van der Waals surface area (Å²) in [6.45, 7) is 0.648. The Bertz CT molecular complexity index is 690. The van der Waals surface area contributed by atoms with Gasteiger partial charge in [0.2, 0.25) is 0 Å². The molecule has 2 N–H and O–H groups in total. The van der Waals surface area contributed by atoms with E-state index in [0.29, 0.717) is 35.5 Å². The van der Waals surface area contributed by atoms with Gasteiger partial charge >= 0.3 is 0 Å². The summed E-state index contributed by atoms with van der Waals surface area (Å²) in [5.41, 5.74) is 6.94. The number of rotatable bonds is 3. The molecule has 0 bridgehead atoms. The Labute approximate surface area is 123 Å². The van der Waals surface area contributed by atoms with Gasteiger partial charge in [-0.1, -0.05) is 0 Å². The average molecular weight is 288 g/mol. The molecule has 3 rings (SSSR count). The van der Waals surface area contributed by atoms with Crippen LogP contribution in [0.5, 0.6) is 5.75 Å². The molecule has 1 aliphatic carbocycles. The Hall–Kier alpha value is -1.95. The number of hydrogen-bond donors (Lipinski definition) is 1. The molecule has 1 fully saturated rings. The summed E-state index contributed by atoms with van der Waals surface area (Å²) in [4.78, 5) is 20.0. The quantitative estimate of drug-likeness (QED) is 0.918. The molecule has 0 spiro atoms. The Morgan fingerprint density at radius 1 is 1.33 bits per heavy atom. The summed E-state index contributed by atoms with van der Waals surface area (Å²) < 4.78 is 7.48. The highest BCUT2D eigenvalue weighted by atomic mass is 16.5. The lowest BCUT2D eigenvalue weighted by Crippen LogP contribution is -2.29. The van der Waals surface area contributed by atoms with Gasteiger partial charge in [-0.05, 0) is 31.6 Å². The first-order valence-corrected chi connectivity index (χ1v) is 7.34. The maximum Gasteiger partial charge on any atom is 0.269 e. The zero-order valence-electron chi connectivity index (χ0n) is 12.2. The van der Waals surface area contributed by atoms with E-state index < -0.39 is 0 Å². The molecule has 0 aromatic carbocycles. The molecule has 0 atom stereocenters. The standard InChI is InChI=1S/C15H20N4O2/c1-19-13(20)8-18-15-14(19)12(6-7-17-15)21-9-10-2-4-11(16)5-3-10/h6-8,10-11H,2-5,9,16H2,1H3. The van der Waals surface area contributed by atoms with E-state index in [1.807, 2.05) is 0 Å². The topological polar surface area (TPSA) is 83.0 Å². The normalized spacial score (nSPS) is 22.4. The molecular weight excluding hydrogens is 268 g/mol. The van der Waals surface area contributed by atoms with Gasteiger partial charge in [-0.25, -0.2) is 9.97 Å². The first-order chi connectivity index (χ1) is 10.1. The fourth-order valence-corrected chi connectivity index (χ4v) is 2.83. The summed E-state index contributed by atoms with van der Waals surface area (Å²) >= 11 is 0. The van der Waals surface area contributed by atoms with E-state index in [1.165, 1.54) is 10.8 Å². The van der Waals surface area contributed by atoms with E-state index in [9.17, 15) is 4.79 Å². The van der Waals surface area contributed by atoms with E-state index in [1.54, 1.807) is 19.3 Å². The third-order valence-corrected chi connectivity index (χ3v) is 4.20. The second kappa shape index (κ2) is 5.81. The van der Waals surface area contributed by atoms with Crippen molar-refractivity contribution in [1.29, 1.82) is 0 Å². The van der Waals surface area contributed by atoms with Crippen LogP contribution in [0, 0.1) is 5.92 Å². The van der Waals surface area contributed by atoms with Crippen LogP contribution >= 0.6 is 0 Å². The monoisotopic (exact) mass is 288 g/mol. The van der Waals surface area contributed by atoms with Gasteiger partial charge in [0.15, 0.2) is 5.65 Å². The van der Waals surface area contributed by atoms with Crippen molar-refractivity contribution in [2.75, 3.05) is 6.61 Å². The molecule has 2 aromatic heterocycles. The smallest absolute Gasteiger partial charge is 0.269 e. The van der Waals surface area contributed by atoms with Gasteiger partial charge < -0.3 is 15.0 Å². The summed E-state index contributed by atoms with van der Waals surface area (Å²) in [6, 6.07) is 2.13. The molecule has 112 valence electrons. The van der Waals surface area contributed by atoms with Crippen LogP contribution in [0.2, 0.25) is 0 Å². The van der Waals surface area contributed by atoms with Crippen molar-refractivity contribution in [1.82, 2.24) is 14.5 Å². The molecule has 1 aliphatic rings. The molecule has 6 nitrogen and oxygen atoms in total. The summed E-state index contributed by atoms with van der Waals surface area (Å²) in [6.07, 6.45) is 7.26. The molecule has 0 aliphatic heterocycles. The van der Waals surface area contributed by atoms with Gasteiger partial charge in [-0.3, -0.25) is 4.79 Å². The largest absolute Gasteiger partial charge is 0.491 e. The van der Waals surface area contributed by atoms with Crippen LogP contribution in [0.3, 0.4) is 0 Å². The van der Waals surface area contributed by atoms with Crippen LogP contribution < -0.4 is 16.0 Å². The van der Waals surface area contributed by atoms with Crippen LogP contribution in [0.4, 0.5) is 0 Å². The van der Waals surface area contributed by atoms with Gasteiger partial charge in [0, 0.05) is 25.4 Å². The Kier molecular flexibility index (Phi) is 3.88. The van der Waals surface area contributed by atoms with Crippen molar-refractivity contribution in [2.24, 2.45) is 18.7 Å². The number of pyridine rings is 1. The van der Waals surface area contributed by atoms with E-state index >= 15 is 0 Å². The van der Waals surface area contributed by atoms with Gasteiger partial charge in [-0.2, -0.15) is 0 Å². The van der Waals surface area contributed by atoms with Crippen molar-refractivity contribution >= 4 is 11.2 Å². The second-order valence-corrected chi connectivity index (χ2v) is 5.73. The third kappa shape index (κ3) is 2.90. The van der Waals surface area contributed by atoms with Crippen molar-refractivity contribution in [3.8, 4) is 5.75 Å². The molecule has 2 aromatic rings. The minimum atomic E-state index is -0.163. The number of nitrogens with zero attached hydrogens (tertiary/aromatic N) is 3. The zero-order valence-corrected chi connectivity index (χ0v) is 12.2. The third-order valence-electron chi connectivity index (χ3n) is 4.20. The molecule has 2 heterocycles. The number of hydrogen-bond acceptors (Lipinski definition) is 5. The maximum absolute atomic E-state index is 11.7. The first kappa shape index (κ1) is 14.0. The Morgan fingerprint density at radius 2 is 2.10 bits per heavy atom. The molecule has 0 saturated heterocycles. The Morgan fingerprint density at radius 3 is 2.86 bits per heavy atom. The van der Waals surface area contributed by atoms with Crippen LogP contribution in [-0.2, 0) is 7.05 Å². The van der Waals surface area contributed by atoms with Gasteiger partial charge in [0.05, 0.1) is 12.8 Å². The van der Waals surface area contributed by atoms with E-state index in [-0.39, 0.29) is 5.56 Å². The zero-order chi connectivity index (χ0) is 14.8. The fraction of sp³-hybridized carbons (Fsp3) is 0.533. The lowest BCUT2D eigenvalue weighted by molar-refractivity contribution is 0.201. The fourth-order valence-electron chi connectivity index (χ4n) is 2.83. The highest BCUT2D eigenvalue weighted by Gasteiger charge is 2.19. The molecule has 21 heavy (non-hydrogen) atoms. The van der Waals surface area contributed by atoms with Crippen LogP contribution in [0.25, 0.3) is 11.2 Å². The van der Waals surface area contributed by atoms with Crippen LogP contribution in [0.1, 0.15) is 25.7 Å². The number of aryl methyl sites for hydroxylation is 1. The van der Waals surface area contributed by atoms with Gasteiger partial charge in [0.25, 0.3) is 5.56 Å². The highest BCUT2D eigenvalue weighted by molar-refractivity contribution is 5.77. The van der Waals surface area contributed by atoms with E-state index in [4.69, 9.17) is 10.5 Å². The van der Waals surface area contributed by atoms with Crippen molar-refractivity contribution in [3.05, 3.63) is 28.8 Å².